The highest BCUT2D eigenvalue weighted by Gasteiger charge is 2.32. The van der Waals surface area contributed by atoms with E-state index in [9.17, 15) is 9.90 Å². The van der Waals surface area contributed by atoms with Crippen molar-refractivity contribution in [2.24, 2.45) is 0 Å². The molecule has 1 unspecified atom stereocenters. The fraction of sp³-hybridized carbons (Fsp3) is 0.370. The number of ether oxygens (including phenoxy) is 2. The van der Waals surface area contributed by atoms with Crippen LogP contribution in [0.5, 0.6) is 17.2 Å². The topological polar surface area (TPSA) is 67.2 Å². The molecule has 1 aliphatic heterocycles. The van der Waals surface area contributed by atoms with Crippen molar-refractivity contribution in [2.45, 2.75) is 26.4 Å². The SMILES string of the molecule is CCn1c(C)cc(O)c(C(c2ccc(OC)c(OC)c2)N2CCN(c3ccccc3)CC2)c1=O. The second kappa shape index (κ2) is 10.2. The number of hydrogen-bond donors (Lipinski definition) is 1. The summed E-state index contributed by atoms with van der Waals surface area (Å²) < 4.78 is 12.7. The van der Waals surface area contributed by atoms with Gasteiger partial charge in [-0.3, -0.25) is 9.69 Å². The molecule has 3 aromatic rings. The number of methoxy groups -OCH3 is 2. The Morgan fingerprint density at radius 1 is 0.941 bits per heavy atom. The van der Waals surface area contributed by atoms with Gasteiger partial charge in [-0.25, -0.2) is 0 Å². The summed E-state index contributed by atoms with van der Waals surface area (Å²) in [5.41, 5.74) is 3.05. The highest BCUT2D eigenvalue weighted by Crippen LogP contribution is 2.37. The van der Waals surface area contributed by atoms with Gasteiger partial charge in [0.15, 0.2) is 11.5 Å². The van der Waals surface area contributed by atoms with E-state index in [-0.39, 0.29) is 11.3 Å². The maximum atomic E-state index is 13.6. The van der Waals surface area contributed by atoms with Gasteiger partial charge < -0.3 is 24.0 Å². The minimum absolute atomic E-state index is 0.0254. The third-order valence-electron chi connectivity index (χ3n) is 6.64. The number of benzene rings is 2. The van der Waals surface area contributed by atoms with Crippen molar-refractivity contribution >= 4 is 5.69 Å². The van der Waals surface area contributed by atoms with Crippen LogP contribution in [-0.4, -0.2) is 55.0 Å². The fourth-order valence-corrected chi connectivity index (χ4v) is 4.88. The molecule has 180 valence electrons. The predicted octanol–water partition coefficient (Wildman–Crippen LogP) is 3.81. The fourth-order valence-electron chi connectivity index (χ4n) is 4.88. The van der Waals surface area contributed by atoms with Crippen LogP contribution in [0.2, 0.25) is 0 Å². The minimum Gasteiger partial charge on any atom is -0.507 e. The molecule has 1 aliphatic rings. The van der Waals surface area contributed by atoms with Crippen LogP contribution in [0.4, 0.5) is 5.69 Å². The lowest BCUT2D eigenvalue weighted by Gasteiger charge is -2.40. The first-order chi connectivity index (χ1) is 16.5. The molecule has 1 fully saturated rings. The second-order valence-electron chi connectivity index (χ2n) is 8.51. The summed E-state index contributed by atoms with van der Waals surface area (Å²) in [7, 11) is 3.20. The van der Waals surface area contributed by atoms with Gasteiger partial charge in [-0.15, -0.1) is 0 Å². The monoisotopic (exact) mass is 463 g/mol. The number of aromatic nitrogens is 1. The molecule has 34 heavy (non-hydrogen) atoms. The van der Waals surface area contributed by atoms with Crippen molar-refractivity contribution in [3.63, 3.8) is 0 Å². The van der Waals surface area contributed by atoms with Gasteiger partial charge in [-0.2, -0.15) is 0 Å². The Kier molecular flexibility index (Phi) is 7.12. The molecule has 2 heterocycles. The zero-order valence-electron chi connectivity index (χ0n) is 20.3. The lowest BCUT2D eigenvalue weighted by molar-refractivity contribution is 0.207. The molecule has 1 aromatic heterocycles. The Morgan fingerprint density at radius 2 is 1.62 bits per heavy atom. The van der Waals surface area contributed by atoms with Crippen LogP contribution in [0.25, 0.3) is 0 Å². The number of aromatic hydroxyl groups is 1. The Bertz CT molecular complexity index is 1180. The first-order valence-electron chi connectivity index (χ1n) is 11.7. The summed E-state index contributed by atoms with van der Waals surface area (Å²) in [6.07, 6.45) is 0. The molecule has 4 rings (SSSR count). The molecular weight excluding hydrogens is 430 g/mol. The molecule has 1 atom stereocenters. The standard InChI is InChI=1S/C27H33N3O4/c1-5-30-19(2)17-22(31)25(27(30)32)26(20-11-12-23(33-3)24(18-20)34-4)29-15-13-28(14-16-29)21-9-7-6-8-10-21/h6-12,17-18,26,31H,5,13-16H2,1-4H3. The first-order valence-corrected chi connectivity index (χ1v) is 11.7. The smallest absolute Gasteiger partial charge is 0.259 e. The number of nitrogens with zero attached hydrogens (tertiary/aromatic N) is 3. The zero-order valence-corrected chi connectivity index (χ0v) is 20.3. The van der Waals surface area contributed by atoms with Gasteiger partial charge in [0.25, 0.3) is 5.56 Å². The quantitative estimate of drug-likeness (QED) is 0.575. The van der Waals surface area contributed by atoms with Gasteiger partial charge in [0.1, 0.15) is 5.75 Å². The molecule has 7 heteroatoms. The number of para-hydroxylation sites is 1. The van der Waals surface area contributed by atoms with Crippen LogP contribution in [0.1, 0.15) is 29.8 Å². The molecule has 7 nitrogen and oxygen atoms in total. The number of rotatable bonds is 7. The van der Waals surface area contributed by atoms with E-state index in [1.165, 1.54) is 5.69 Å². The molecule has 0 bridgehead atoms. The van der Waals surface area contributed by atoms with E-state index >= 15 is 0 Å². The Labute approximate surface area is 200 Å². The van der Waals surface area contributed by atoms with Crippen molar-refractivity contribution < 1.29 is 14.6 Å². The van der Waals surface area contributed by atoms with E-state index in [2.05, 4.69) is 21.9 Å². The van der Waals surface area contributed by atoms with Crippen molar-refractivity contribution in [1.82, 2.24) is 9.47 Å². The third kappa shape index (κ3) is 4.48. The van der Waals surface area contributed by atoms with Crippen LogP contribution >= 0.6 is 0 Å². The lowest BCUT2D eigenvalue weighted by atomic mass is 9.95. The Morgan fingerprint density at radius 3 is 2.24 bits per heavy atom. The maximum absolute atomic E-state index is 13.6. The molecule has 1 N–H and O–H groups in total. The molecule has 0 amide bonds. The van der Waals surface area contributed by atoms with E-state index in [4.69, 9.17) is 9.47 Å². The molecule has 1 saturated heterocycles. The molecule has 0 spiro atoms. The van der Waals surface area contributed by atoms with E-state index in [1.807, 2.05) is 50.2 Å². The van der Waals surface area contributed by atoms with Crippen LogP contribution < -0.4 is 19.9 Å². The van der Waals surface area contributed by atoms with E-state index in [0.717, 1.165) is 37.4 Å². The molecular formula is C27H33N3O4. The summed E-state index contributed by atoms with van der Waals surface area (Å²) in [6.45, 7) is 7.46. The largest absolute Gasteiger partial charge is 0.507 e. The number of piperazine rings is 1. The highest BCUT2D eigenvalue weighted by molar-refractivity contribution is 5.49. The van der Waals surface area contributed by atoms with Crippen molar-refractivity contribution in [3.05, 3.63) is 81.8 Å². The molecule has 0 aliphatic carbocycles. The van der Waals surface area contributed by atoms with E-state index in [1.54, 1.807) is 24.9 Å². The second-order valence-corrected chi connectivity index (χ2v) is 8.51. The number of anilines is 1. The van der Waals surface area contributed by atoms with Gasteiger partial charge >= 0.3 is 0 Å². The zero-order chi connectivity index (χ0) is 24.2. The van der Waals surface area contributed by atoms with Crippen LogP contribution in [0.3, 0.4) is 0 Å². The van der Waals surface area contributed by atoms with Gasteiger partial charge in [0.05, 0.1) is 25.8 Å². The minimum atomic E-state index is -0.413. The van der Waals surface area contributed by atoms with Crippen LogP contribution in [0, 0.1) is 6.92 Å². The molecule has 0 saturated carbocycles. The lowest BCUT2D eigenvalue weighted by Crippen LogP contribution is -2.49. The van der Waals surface area contributed by atoms with E-state index in [0.29, 0.717) is 23.6 Å². The van der Waals surface area contributed by atoms with Gasteiger partial charge in [0, 0.05) is 44.1 Å². The Hall–Kier alpha value is -3.45. The summed E-state index contributed by atoms with van der Waals surface area (Å²) in [5, 5.41) is 11.0. The predicted molar refractivity (Wildman–Crippen MR) is 134 cm³/mol. The molecule has 2 aromatic carbocycles. The molecule has 0 radical (unpaired) electrons. The van der Waals surface area contributed by atoms with Crippen molar-refractivity contribution in [3.8, 4) is 17.2 Å². The summed E-state index contributed by atoms with van der Waals surface area (Å²) in [6, 6.07) is 17.3. The first kappa shape index (κ1) is 23.7. The van der Waals surface area contributed by atoms with Gasteiger partial charge in [-0.1, -0.05) is 24.3 Å². The van der Waals surface area contributed by atoms with Gasteiger partial charge in [0.2, 0.25) is 0 Å². The van der Waals surface area contributed by atoms with Crippen LogP contribution in [-0.2, 0) is 6.54 Å². The maximum Gasteiger partial charge on any atom is 0.259 e. The number of aryl methyl sites for hydroxylation is 1. The van der Waals surface area contributed by atoms with Crippen LogP contribution in [0.15, 0.2) is 59.4 Å². The average molecular weight is 464 g/mol. The van der Waals surface area contributed by atoms with E-state index < -0.39 is 6.04 Å². The summed E-state index contributed by atoms with van der Waals surface area (Å²) >= 11 is 0. The van der Waals surface area contributed by atoms with Crippen molar-refractivity contribution in [1.29, 1.82) is 0 Å². The normalized spacial score (nSPS) is 15.2. The van der Waals surface area contributed by atoms with Crippen molar-refractivity contribution in [2.75, 3.05) is 45.3 Å². The Balaban J connectivity index is 1.77. The summed E-state index contributed by atoms with van der Waals surface area (Å²) in [5.74, 6) is 1.24. The highest BCUT2D eigenvalue weighted by atomic mass is 16.5. The van der Waals surface area contributed by atoms with Gasteiger partial charge in [-0.05, 0) is 49.7 Å². The third-order valence-corrected chi connectivity index (χ3v) is 6.64. The summed E-state index contributed by atoms with van der Waals surface area (Å²) in [4.78, 5) is 18.2. The number of pyridine rings is 1. The average Bonchev–Trinajstić information content (AvgIpc) is 2.87. The number of hydrogen-bond acceptors (Lipinski definition) is 6.